The molecule has 0 heterocycles. The Morgan fingerprint density at radius 2 is 1.00 bits per heavy atom. The fourth-order valence-electron chi connectivity index (χ4n) is 5.42. The smallest absolute Gasteiger partial charge is 0.462 e. The molecular weight excluding hydrogens is 713 g/mol. The monoisotopic (exact) mass is 792 g/mol. The zero-order chi connectivity index (χ0) is 40.3. The molecule has 0 fully saturated rings. The van der Waals surface area contributed by atoms with Crippen molar-refractivity contribution in [1.82, 2.24) is 0 Å². The lowest BCUT2D eigenvalue weighted by atomic mass is 10.1. The van der Waals surface area contributed by atoms with Gasteiger partial charge in [-0.25, -0.2) is 4.57 Å². The average molecular weight is 792 g/mol. The lowest BCUT2D eigenvalue weighted by Gasteiger charge is -2.19. The molecule has 0 saturated heterocycles. The number of phosphoric ester groups is 1. The van der Waals surface area contributed by atoms with Crippen molar-refractivity contribution in [2.24, 2.45) is 5.73 Å². The van der Waals surface area contributed by atoms with E-state index in [9.17, 15) is 19.0 Å². The first-order chi connectivity index (χ1) is 26.8. The van der Waals surface area contributed by atoms with Crippen molar-refractivity contribution >= 4 is 19.8 Å². The molecule has 0 spiro atoms. The van der Waals surface area contributed by atoms with Gasteiger partial charge in [-0.15, -0.1) is 0 Å². The molecule has 316 valence electrons. The van der Waals surface area contributed by atoms with Gasteiger partial charge in [-0.1, -0.05) is 145 Å². The molecule has 0 aliphatic heterocycles. The summed E-state index contributed by atoms with van der Waals surface area (Å²) < 4.78 is 32.7. The van der Waals surface area contributed by atoms with E-state index < -0.39 is 32.5 Å². The van der Waals surface area contributed by atoms with Gasteiger partial charge in [-0.05, 0) is 83.5 Å². The Kier molecular flexibility index (Phi) is 39.2. The van der Waals surface area contributed by atoms with Gasteiger partial charge in [-0.3, -0.25) is 18.6 Å². The van der Waals surface area contributed by atoms with E-state index in [-0.39, 0.29) is 32.6 Å². The van der Waals surface area contributed by atoms with Crippen LogP contribution >= 0.6 is 7.82 Å². The SMILES string of the molecule is CCC=CCC=CCC=CCC=CCCCCCCC(=O)OC(COC(=O)CCCCCCCCCC=CCC=CCCCCC)COP(=O)(O)OCCN. The lowest BCUT2D eigenvalue weighted by Crippen LogP contribution is -2.29. The zero-order valence-electron chi connectivity index (χ0n) is 34.6. The number of allylic oxidation sites excluding steroid dienone is 12. The second-order valence-corrected chi connectivity index (χ2v) is 15.3. The van der Waals surface area contributed by atoms with Crippen molar-refractivity contribution in [2.75, 3.05) is 26.4 Å². The van der Waals surface area contributed by atoms with Crippen LogP contribution < -0.4 is 5.73 Å². The number of carbonyl (C=O) groups excluding carboxylic acids is 2. The van der Waals surface area contributed by atoms with Crippen molar-refractivity contribution < 1.29 is 37.6 Å². The standard InChI is InChI=1S/C45H78NO8P/c1-3-5-7-9-11-13-15-17-19-21-23-25-27-29-31-33-35-37-44(47)51-41-43(42-53-55(49,50)52-40-39-46)54-45(48)38-36-34-32-30-28-26-24-22-20-18-16-14-12-10-8-6-4-2/h6,8,11-14,17-20,24,26,43H,3-5,7,9-10,15-16,21-23,25,27-42,46H2,1-2H3,(H,49,50). The summed E-state index contributed by atoms with van der Waals surface area (Å²) >= 11 is 0. The largest absolute Gasteiger partial charge is 0.472 e. The highest BCUT2D eigenvalue weighted by atomic mass is 31.2. The van der Waals surface area contributed by atoms with Crippen molar-refractivity contribution in [2.45, 2.75) is 174 Å². The van der Waals surface area contributed by atoms with Crippen LogP contribution in [0.2, 0.25) is 0 Å². The molecule has 0 aliphatic carbocycles. The predicted octanol–water partition coefficient (Wildman–Crippen LogP) is 12.3. The molecule has 0 aromatic heterocycles. The van der Waals surface area contributed by atoms with Crippen molar-refractivity contribution in [3.05, 3.63) is 72.9 Å². The third kappa shape index (κ3) is 40.9. The Morgan fingerprint density at radius 1 is 0.564 bits per heavy atom. The first-order valence-electron chi connectivity index (χ1n) is 21.4. The van der Waals surface area contributed by atoms with E-state index in [0.29, 0.717) is 6.42 Å². The highest BCUT2D eigenvalue weighted by Crippen LogP contribution is 2.43. The third-order valence-electron chi connectivity index (χ3n) is 8.58. The van der Waals surface area contributed by atoms with Gasteiger partial charge in [0.25, 0.3) is 0 Å². The molecule has 0 saturated carbocycles. The molecule has 2 atom stereocenters. The zero-order valence-corrected chi connectivity index (χ0v) is 35.5. The molecule has 2 unspecified atom stereocenters. The molecule has 0 aromatic rings. The lowest BCUT2D eigenvalue weighted by molar-refractivity contribution is -0.161. The van der Waals surface area contributed by atoms with Gasteiger partial charge < -0.3 is 20.1 Å². The van der Waals surface area contributed by atoms with Crippen LogP contribution in [0, 0.1) is 0 Å². The van der Waals surface area contributed by atoms with Crippen LogP contribution in [0.25, 0.3) is 0 Å². The molecule has 10 heteroatoms. The van der Waals surface area contributed by atoms with Gasteiger partial charge in [0.05, 0.1) is 13.2 Å². The van der Waals surface area contributed by atoms with E-state index >= 15 is 0 Å². The van der Waals surface area contributed by atoms with Gasteiger partial charge in [0.1, 0.15) is 6.61 Å². The number of rotatable bonds is 39. The van der Waals surface area contributed by atoms with Crippen molar-refractivity contribution in [3.8, 4) is 0 Å². The Labute approximate surface area is 335 Å². The summed E-state index contributed by atoms with van der Waals surface area (Å²) in [7, 11) is -4.39. The molecule has 0 aliphatic rings. The van der Waals surface area contributed by atoms with Crippen molar-refractivity contribution in [3.63, 3.8) is 0 Å². The van der Waals surface area contributed by atoms with Gasteiger partial charge in [0.15, 0.2) is 6.10 Å². The van der Waals surface area contributed by atoms with Gasteiger partial charge >= 0.3 is 19.8 Å². The Balaban J connectivity index is 4.23. The quantitative estimate of drug-likeness (QED) is 0.0270. The molecule has 0 radical (unpaired) electrons. The minimum atomic E-state index is -4.39. The number of phosphoric acid groups is 1. The average Bonchev–Trinajstić information content (AvgIpc) is 3.17. The van der Waals surface area contributed by atoms with Crippen LogP contribution in [0.1, 0.15) is 168 Å². The van der Waals surface area contributed by atoms with E-state index in [1.807, 2.05) is 0 Å². The van der Waals surface area contributed by atoms with Crippen LogP contribution in [0.5, 0.6) is 0 Å². The third-order valence-corrected chi connectivity index (χ3v) is 9.56. The van der Waals surface area contributed by atoms with E-state index in [1.54, 1.807) is 0 Å². The second-order valence-electron chi connectivity index (χ2n) is 13.8. The summed E-state index contributed by atoms with van der Waals surface area (Å²) in [6, 6.07) is 0. The maximum atomic E-state index is 12.6. The van der Waals surface area contributed by atoms with Crippen LogP contribution in [-0.4, -0.2) is 49.3 Å². The van der Waals surface area contributed by atoms with E-state index in [4.69, 9.17) is 24.3 Å². The maximum absolute atomic E-state index is 12.6. The molecule has 0 aromatic carbocycles. The molecule has 0 rings (SSSR count). The number of ether oxygens (including phenoxy) is 2. The summed E-state index contributed by atoms with van der Waals surface area (Å²) in [4.78, 5) is 34.9. The molecule has 0 bridgehead atoms. The molecule has 55 heavy (non-hydrogen) atoms. The van der Waals surface area contributed by atoms with E-state index in [2.05, 4.69) is 86.8 Å². The number of esters is 2. The summed E-state index contributed by atoms with van der Waals surface area (Å²) in [6.07, 6.45) is 49.2. The predicted molar refractivity (Wildman–Crippen MR) is 229 cm³/mol. The summed E-state index contributed by atoms with van der Waals surface area (Å²) in [6.45, 7) is 3.54. The highest BCUT2D eigenvalue weighted by Gasteiger charge is 2.26. The number of hydrogen-bond acceptors (Lipinski definition) is 8. The van der Waals surface area contributed by atoms with Crippen LogP contribution in [0.3, 0.4) is 0 Å². The van der Waals surface area contributed by atoms with Crippen LogP contribution in [0.15, 0.2) is 72.9 Å². The normalized spacial score (nSPS) is 14.0. The molecule has 0 amide bonds. The fraction of sp³-hybridized carbons (Fsp3) is 0.689. The van der Waals surface area contributed by atoms with Gasteiger partial charge in [0.2, 0.25) is 0 Å². The highest BCUT2D eigenvalue weighted by molar-refractivity contribution is 7.47. The Morgan fingerprint density at radius 3 is 1.49 bits per heavy atom. The topological polar surface area (TPSA) is 134 Å². The second kappa shape index (κ2) is 41.1. The number of nitrogens with two attached hydrogens (primary N) is 1. The molecule has 9 nitrogen and oxygen atoms in total. The van der Waals surface area contributed by atoms with Crippen LogP contribution in [0.4, 0.5) is 0 Å². The van der Waals surface area contributed by atoms with E-state index in [0.717, 1.165) is 89.9 Å². The molecular formula is C45H78NO8P. The van der Waals surface area contributed by atoms with Gasteiger partial charge in [-0.2, -0.15) is 0 Å². The van der Waals surface area contributed by atoms with Gasteiger partial charge in [0, 0.05) is 19.4 Å². The number of carbonyl (C=O) groups is 2. The van der Waals surface area contributed by atoms with Crippen molar-refractivity contribution in [1.29, 1.82) is 0 Å². The summed E-state index contributed by atoms with van der Waals surface area (Å²) in [5.74, 6) is -0.871. The summed E-state index contributed by atoms with van der Waals surface area (Å²) in [5.41, 5.74) is 5.34. The maximum Gasteiger partial charge on any atom is 0.472 e. The minimum absolute atomic E-state index is 0.0442. The molecule has 3 N–H and O–H groups in total. The number of hydrogen-bond donors (Lipinski definition) is 2. The minimum Gasteiger partial charge on any atom is -0.462 e. The fourth-order valence-corrected chi connectivity index (χ4v) is 6.18. The van der Waals surface area contributed by atoms with Crippen LogP contribution in [-0.2, 0) is 32.7 Å². The summed E-state index contributed by atoms with van der Waals surface area (Å²) in [5, 5.41) is 0. The first-order valence-corrected chi connectivity index (χ1v) is 22.9. The first kappa shape index (κ1) is 52.5. The van der Waals surface area contributed by atoms with E-state index in [1.165, 1.54) is 44.9 Å². The number of unbranched alkanes of at least 4 members (excludes halogenated alkanes) is 14. The Hall–Kier alpha value is -2.55. The Bertz CT molecular complexity index is 1130.